The normalized spacial score (nSPS) is 17.0. The van der Waals surface area contributed by atoms with Crippen LogP contribution in [0.4, 0.5) is 0 Å². The Kier molecular flexibility index (Phi) is 6.79. The minimum absolute atomic E-state index is 0. The standard InChI is InChI=1S/C17H23N3O2.ClH/c1-12(11-18)19(3)17(22)10-16-15-7-5-4-6-14(15)8-9-20(16)13(2)21;/h4-9,12,16H,10-11,18H2,1-3H3;1H. The van der Waals surface area contributed by atoms with Crippen molar-refractivity contribution in [2.24, 2.45) is 5.73 Å². The summed E-state index contributed by atoms with van der Waals surface area (Å²) in [6.45, 7) is 3.84. The number of likely N-dealkylation sites (N-methyl/N-ethyl adjacent to an activating group) is 1. The van der Waals surface area contributed by atoms with E-state index in [0.717, 1.165) is 11.1 Å². The van der Waals surface area contributed by atoms with Crippen LogP contribution in [-0.2, 0) is 9.59 Å². The van der Waals surface area contributed by atoms with E-state index in [0.29, 0.717) is 6.54 Å². The van der Waals surface area contributed by atoms with E-state index in [-0.39, 0.29) is 42.7 Å². The molecule has 0 saturated carbocycles. The van der Waals surface area contributed by atoms with E-state index in [1.807, 2.05) is 37.3 Å². The third-order valence-corrected chi connectivity index (χ3v) is 4.23. The second kappa shape index (κ2) is 8.13. The van der Waals surface area contributed by atoms with Crippen molar-refractivity contribution in [3.8, 4) is 0 Å². The summed E-state index contributed by atoms with van der Waals surface area (Å²) in [4.78, 5) is 27.7. The molecule has 0 bridgehead atoms. The highest BCUT2D eigenvalue weighted by Crippen LogP contribution is 2.33. The highest BCUT2D eigenvalue weighted by Gasteiger charge is 2.29. The maximum atomic E-state index is 12.5. The summed E-state index contributed by atoms with van der Waals surface area (Å²) < 4.78 is 0. The number of carbonyl (C=O) groups excluding carboxylic acids is 2. The van der Waals surface area contributed by atoms with Crippen LogP contribution in [-0.4, -0.2) is 41.2 Å². The third-order valence-electron chi connectivity index (χ3n) is 4.23. The first-order chi connectivity index (χ1) is 10.5. The fourth-order valence-corrected chi connectivity index (χ4v) is 2.63. The average molecular weight is 338 g/mol. The van der Waals surface area contributed by atoms with Gasteiger partial charge in [-0.1, -0.05) is 24.3 Å². The van der Waals surface area contributed by atoms with Crippen LogP contribution in [0.15, 0.2) is 30.5 Å². The van der Waals surface area contributed by atoms with Crippen LogP contribution in [0.5, 0.6) is 0 Å². The molecule has 0 aliphatic carbocycles. The molecule has 2 amide bonds. The van der Waals surface area contributed by atoms with Crippen LogP contribution in [0.3, 0.4) is 0 Å². The van der Waals surface area contributed by atoms with Gasteiger partial charge in [0.1, 0.15) is 0 Å². The summed E-state index contributed by atoms with van der Waals surface area (Å²) in [5, 5.41) is 0. The molecule has 1 aliphatic heterocycles. The van der Waals surface area contributed by atoms with Crippen molar-refractivity contribution in [3.05, 3.63) is 41.6 Å². The topological polar surface area (TPSA) is 66.6 Å². The maximum absolute atomic E-state index is 12.5. The first-order valence-corrected chi connectivity index (χ1v) is 7.47. The lowest BCUT2D eigenvalue weighted by molar-refractivity contribution is -0.134. The number of rotatable bonds is 4. The van der Waals surface area contributed by atoms with Crippen molar-refractivity contribution < 1.29 is 9.59 Å². The Morgan fingerprint density at radius 2 is 2.00 bits per heavy atom. The molecule has 2 N–H and O–H groups in total. The molecule has 1 aliphatic rings. The van der Waals surface area contributed by atoms with Gasteiger partial charge in [-0.2, -0.15) is 0 Å². The van der Waals surface area contributed by atoms with Gasteiger partial charge in [0.25, 0.3) is 0 Å². The highest BCUT2D eigenvalue weighted by molar-refractivity contribution is 5.85. The lowest BCUT2D eigenvalue weighted by atomic mass is 9.93. The quantitative estimate of drug-likeness (QED) is 0.915. The average Bonchev–Trinajstić information content (AvgIpc) is 2.53. The minimum atomic E-state index is -0.265. The maximum Gasteiger partial charge on any atom is 0.225 e. The molecule has 0 aromatic heterocycles. The SMILES string of the molecule is CC(=O)N1C=Cc2ccccc2C1CC(=O)N(C)C(C)CN.Cl. The van der Waals surface area contributed by atoms with E-state index in [4.69, 9.17) is 5.73 Å². The van der Waals surface area contributed by atoms with Crippen LogP contribution in [0.2, 0.25) is 0 Å². The van der Waals surface area contributed by atoms with Crippen LogP contribution in [0, 0.1) is 0 Å². The second-order valence-electron chi connectivity index (χ2n) is 5.68. The predicted molar refractivity (Wildman–Crippen MR) is 93.9 cm³/mol. The Bertz CT molecular complexity index is 603. The monoisotopic (exact) mass is 337 g/mol. The zero-order chi connectivity index (χ0) is 16.3. The van der Waals surface area contributed by atoms with Gasteiger partial charge in [-0.05, 0) is 24.1 Å². The number of carbonyl (C=O) groups is 2. The van der Waals surface area contributed by atoms with Crippen molar-refractivity contribution in [1.82, 2.24) is 9.80 Å². The number of nitrogens with zero attached hydrogens (tertiary/aromatic N) is 2. The van der Waals surface area contributed by atoms with Gasteiger partial charge < -0.3 is 15.5 Å². The molecule has 0 saturated heterocycles. The smallest absolute Gasteiger partial charge is 0.225 e. The van der Waals surface area contributed by atoms with Gasteiger partial charge in [0.2, 0.25) is 11.8 Å². The number of nitrogens with two attached hydrogens (primary N) is 1. The Balaban J connectivity index is 0.00000264. The molecule has 1 heterocycles. The third kappa shape index (κ3) is 4.12. The molecular formula is C17H24ClN3O2. The second-order valence-corrected chi connectivity index (χ2v) is 5.68. The van der Waals surface area contributed by atoms with Gasteiger partial charge in [-0.15, -0.1) is 12.4 Å². The van der Waals surface area contributed by atoms with Gasteiger partial charge in [0.15, 0.2) is 0 Å². The van der Waals surface area contributed by atoms with Crippen molar-refractivity contribution in [2.45, 2.75) is 32.4 Å². The number of hydrogen-bond acceptors (Lipinski definition) is 3. The van der Waals surface area contributed by atoms with Crippen LogP contribution < -0.4 is 5.73 Å². The van der Waals surface area contributed by atoms with Gasteiger partial charge in [-0.25, -0.2) is 0 Å². The molecule has 2 atom stereocenters. The van der Waals surface area contributed by atoms with Crippen molar-refractivity contribution in [3.63, 3.8) is 0 Å². The highest BCUT2D eigenvalue weighted by atomic mass is 35.5. The summed E-state index contributed by atoms with van der Waals surface area (Å²) in [5.41, 5.74) is 7.68. The molecule has 23 heavy (non-hydrogen) atoms. The zero-order valence-corrected chi connectivity index (χ0v) is 14.5. The molecule has 1 aromatic carbocycles. The number of amides is 2. The molecule has 0 spiro atoms. The fraction of sp³-hybridized carbons (Fsp3) is 0.412. The van der Waals surface area contributed by atoms with Crippen molar-refractivity contribution >= 4 is 30.3 Å². The first-order valence-electron chi connectivity index (χ1n) is 7.47. The van der Waals surface area contributed by atoms with Gasteiger partial charge in [0.05, 0.1) is 12.5 Å². The summed E-state index contributed by atoms with van der Waals surface area (Å²) in [6.07, 6.45) is 3.92. The molecule has 1 aromatic rings. The predicted octanol–water partition coefficient (Wildman–Crippen LogP) is 2.18. The largest absolute Gasteiger partial charge is 0.342 e. The van der Waals surface area contributed by atoms with E-state index in [2.05, 4.69) is 0 Å². The zero-order valence-electron chi connectivity index (χ0n) is 13.7. The molecule has 6 heteroatoms. The van der Waals surface area contributed by atoms with Crippen LogP contribution >= 0.6 is 12.4 Å². The van der Waals surface area contributed by atoms with Crippen molar-refractivity contribution in [1.29, 1.82) is 0 Å². The molecular weight excluding hydrogens is 314 g/mol. The van der Waals surface area contributed by atoms with E-state index in [9.17, 15) is 9.59 Å². The van der Waals surface area contributed by atoms with E-state index >= 15 is 0 Å². The molecule has 126 valence electrons. The summed E-state index contributed by atoms with van der Waals surface area (Å²) in [6, 6.07) is 7.56. The first kappa shape index (κ1) is 19.2. The minimum Gasteiger partial charge on any atom is -0.342 e. The lowest BCUT2D eigenvalue weighted by Gasteiger charge is -2.34. The number of hydrogen-bond donors (Lipinski definition) is 1. The Labute approximate surface area is 143 Å². The Hall–Kier alpha value is -1.85. The molecule has 5 nitrogen and oxygen atoms in total. The number of benzene rings is 1. The molecule has 2 rings (SSSR count). The summed E-state index contributed by atoms with van der Waals surface area (Å²) in [7, 11) is 1.75. The summed E-state index contributed by atoms with van der Waals surface area (Å²) >= 11 is 0. The lowest BCUT2D eigenvalue weighted by Crippen LogP contribution is -2.42. The van der Waals surface area contributed by atoms with Gasteiger partial charge >= 0.3 is 0 Å². The number of fused-ring (bicyclic) bond motifs is 1. The molecule has 0 fully saturated rings. The Morgan fingerprint density at radius 3 is 2.61 bits per heavy atom. The van der Waals surface area contributed by atoms with E-state index in [1.165, 1.54) is 6.92 Å². The van der Waals surface area contributed by atoms with Crippen LogP contribution in [0.25, 0.3) is 6.08 Å². The Morgan fingerprint density at radius 1 is 1.35 bits per heavy atom. The molecule has 2 unspecified atom stereocenters. The van der Waals surface area contributed by atoms with E-state index in [1.54, 1.807) is 23.0 Å². The van der Waals surface area contributed by atoms with Gasteiger partial charge in [-0.3, -0.25) is 9.59 Å². The van der Waals surface area contributed by atoms with Gasteiger partial charge in [0, 0.05) is 32.8 Å². The van der Waals surface area contributed by atoms with E-state index < -0.39 is 0 Å². The summed E-state index contributed by atoms with van der Waals surface area (Å²) in [5.74, 6) is -0.0858. The van der Waals surface area contributed by atoms with Crippen LogP contribution in [0.1, 0.15) is 37.4 Å². The number of halogens is 1. The fourth-order valence-electron chi connectivity index (χ4n) is 2.63. The van der Waals surface area contributed by atoms with Crippen molar-refractivity contribution in [2.75, 3.05) is 13.6 Å². The molecule has 0 radical (unpaired) electrons.